The smallest absolute Gasteiger partial charge is 0.252 e. The largest absolute Gasteiger partial charge is 0.342 e. The van der Waals surface area contributed by atoms with Gasteiger partial charge in [-0.1, -0.05) is 273 Å². The highest BCUT2D eigenvalue weighted by molar-refractivity contribution is 7.00. The molecule has 5 heterocycles. The van der Waals surface area contributed by atoms with E-state index in [1.54, 1.807) is 9.13 Å². The summed E-state index contributed by atoms with van der Waals surface area (Å²) in [6.45, 7) is -0.0699. The summed E-state index contributed by atoms with van der Waals surface area (Å²) in [6.07, 6.45) is 4.58. The molecule has 0 amide bonds. The molecule has 466 valence electrons. The number of pyridine rings is 1. The van der Waals surface area contributed by atoms with Crippen LogP contribution in [-0.4, -0.2) is 33.9 Å². The summed E-state index contributed by atoms with van der Waals surface area (Å²) >= 11 is 0. The fraction of sp³-hybridized carbons (Fsp3) is 0.0430. The molecule has 0 aliphatic carbocycles. The van der Waals surface area contributed by atoms with Gasteiger partial charge in [0.15, 0.2) is 0 Å². The second kappa shape index (κ2) is 24.3. The summed E-state index contributed by atoms with van der Waals surface area (Å²) < 4.78 is 153. The lowest BCUT2D eigenvalue weighted by Gasteiger charge is -2.45. The summed E-state index contributed by atoms with van der Waals surface area (Å²) in [7, 11) is 0. The lowest BCUT2D eigenvalue weighted by molar-refractivity contribution is 0.906. The van der Waals surface area contributed by atoms with E-state index in [2.05, 4.69) is 113 Å². The Bertz CT molecular complexity index is 6310. The van der Waals surface area contributed by atoms with Crippen molar-refractivity contribution in [2.24, 2.45) is 0 Å². The van der Waals surface area contributed by atoms with E-state index in [1.165, 1.54) is 0 Å². The Labute approximate surface area is 599 Å². The third-order valence-electron chi connectivity index (χ3n) is 19.9. The van der Waals surface area contributed by atoms with Gasteiger partial charge in [0.05, 0.1) is 44.0 Å². The van der Waals surface area contributed by atoms with Crippen LogP contribution >= 0.6 is 0 Å². The molecule has 6 heteroatoms. The monoisotopic (exact) mass is 1280 g/mol. The van der Waals surface area contributed by atoms with Crippen molar-refractivity contribution in [2.75, 3.05) is 22.9 Å². The van der Waals surface area contributed by atoms with Crippen molar-refractivity contribution in [3.8, 4) is 78.1 Å². The summed E-state index contributed by atoms with van der Waals surface area (Å²) in [5.74, 6) is 0. The first-order valence-electron chi connectivity index (χ1n) is 41.3. The first kappa shape index (κ1) is 43.5. The predicted octanol–water partition coefficient (Wildman–Crippen LogP) is 21.2. The van der Waals surface area contributed by atoms with Gasteiger partial charge in [0.1, 0.15) is 0 Å². The van der Waals surface area contributed by atoms with Crippen LogP contribution in [0.25, 0.3) is 122 Å². The Morgan fingerprint density at radius 2 is 0.626 bits per heavy atom. The van der Waals surface area contributed by atoms with E-state index in [0.717, 1.165) is 106 Å². The van der Waals surface area contributed by atoms with Gasteiger partial charge >= 0.3 is 0 Å². The second-order valence-corrected chi connectivity index (χ2v) is 25.2. The summed E-state index contributed by atoms with van der Waals surface area (Å²) in [5, 5.41) is -0.247. The molecule has 0 fully saturated rings. The maximum absolute atomic E-state index is 9.75. The van der Waals surface area contributed by atoms with Crippen molar-refractivity contribution in [1.29, 1.82) is 0 Å². The van der Waals surface area contributed by atoms with Gasteiger partial charge in [-0.05, 0) is 163 Å². The fourth-order valence-corrected chi connectivity index (χ4v) is 15.5. The number of benzene rings is 14. The molecule has 0 saturated carbocycles. The molecule has 0 N–H and O–H groups in total. The molecule has 2 aliphatic rings. The summed E-state index contributed by atoms with van der Waals surface area (Å²) in [5.41, 5.74) is 19.6. The maximum atomic E-state index is 9.75. The first-order chi connectivity index (χ1) is 55.8. The predicted molar refractivity (Wildman–Crippen MR) is 417 cm³/mol. The Balaban J connectivity index is 0.940. The molecular weight excluding hydrogens is 1200 g/mol. The van der Waals surface area contributed by atoms with Gasteiger partial charge in [0.2, 0.25) is 0 Å². The third-order valence-corrected chi connectivity index (χ3v) is 19.9. The van der Waals surface area contributed by atoms with Gasteiger partial charge in [0.25, 0.3) is 6.71 Å². The zero-order chi connectivity index (χ0) is 79.3. The highest BCUT2D eigenvalue weighted by Gasteiger charge is 2.44. The van der Waals surface area contributed by atoms with Crippen LogP contribution in [-0.2, 0) is 12.8 Å². The molecular formula is C93H66BN5. The minimum Gasteiger partial charge on any atom is -0.342 e. The minimum atomic E-state index is -0.679. The van der Waals surface area contributed by atoms with E-state index in [9.17, 15) is 16.4 Å². The SMILES string of the molecule is [2H]c1c([2H])c([2H])c2c(c1[2H])c1c([2H])c([2H])c([2H])c([2H])c1n2-c1ccc2c(c1)N(CCc1c(-c3ccccc3)cccc1-c1ccccc1)c1cc(-c3cncc(-c4ccccc4)c3)cc3c1B2c1ccc(-n2c4c([2H])c([2H])c([2H])c([2H])c4c4c([2H])c([2H])c([2H])c([2H])c42)cc1N3CCc1c(-c2ccccc2)cccc1-c1ccccc1. The summed E-state index contributed by atoms with van der Waals surface area (Å²) in [4.78, 5) is 9.64. The van der Waals surface area contributed by atoms with E-state index in [4.69, 9.17) is 10.5 Å². The second-order valence-electron chi connectivity index (χ2n) is 25.2. The molecule has 0 radical (unpaired) electrons. The molecule has 0 unspecified atom stereocenters. The van der Waals surface area contributed by atoms with Crippen LogP contribution in [0.3, 0.4) is 0 Å². The van der Waals surface area contributed by atoms with E-state index in [0.29, 0.717) is 48.7 Å². The van der Waals surface area contributed by atoms with Crippen molar-refractivity contribution in [1.82, 2.24) is 14.1 Å². The molecule has 14 aromatic carbocycles. The van der Waals surface area contributed by atoms with Crippen molar-refractivity contribution in [3.05, 3.63) is 363 Å². The third kappa shape index (κ3) is 9.89. The van der Waals surface area contributed by atoms with E-state index in [1.807, 2.05) is 152 Å². The van der Waals surface area contributed by atoms with Gasteiger partial charge < -0.3 is 18.9 Å². The molecule has 0 spiro atoms. The van der Waals surface area contributed by atoms with Crippen LogP contribution in [0.5, 0.6) is 0 Å². The van der Waals surface area contributed by atoms with Crippen LogP contribution in [0.15, 0.2) is 352 Å². The molecule has 3 aromatic heterocycles. The van der Waals surface area contributed by atoms with Gasteiger partial charge in [0, 0.05) is 92.3 Å². The van der Waals surface area contributed by atoms with E-state index < -0.39 is 103 Å². The molecule has 0 atom stereocenters. The van der Waals surface area contributed by atoms with Gasteiger partial charge in [-0.15, -0.1) is 0 Å². The Hall–Kier alpha value is -12.5. The Morgan fingerprint density at radius 3 is 0.990 bits per heavy atom. The highest BCUT2D eigenvalue weighted by atomic mass is 15.2. The molecule has 17 aromatic rings. The quantitative estimate of drug-likeness (QED) is 0.102. The lowest BCUT2D eigenvalue weighted by Crippen LogP contribution is -2.62. The van der Waals surface area contributed by atoms with Crippen LogP contribution in [0.2, 0.25) is 0 Å². The molecule has 5 nitrogen and oxygen atoms in total. The standard InChI is InChI=1S/C93H66BN5/c1-6-26-63(27-7-1)69-56-70(62-95-61-69)68-57-91-93-92(58-68)97(55-53-78-75(66-32-12-4-13-33-66)42-25-43-76(78)67-34-14-5-15-35-67)90-60-72(99-87-46-22-18-38-81(87)82-39-19-23-47-88(82)99)49-51-84(90)94(93)83-50-48-71(98-85-44-20-16-36-79(85)80-37-17-21-45-86(80)98)59-89(83)96(91)54-52-77-73(64-28-8-2-9-29-64)40-24-41-74(77)65-30-10-3-11-31-65/h1-51,56-62H,52-55H2/i16D,17D,18D,19D,20D,21D,22D,23D,36D,37D,38D,39D,44D,45D,46D,47D. The van der Waals surface area contributed by atoms with E-state index >= 15 is 0 Å². The molecule has 99 heavy (non-hydrogen) atoms. The van der Waals surface area contributed by atoms with E-state index in [-0.39, 0.29) is 43.6 Å². The van der Waals surface area contributed by atoms with Crippen molar-refractivity contribution in [3.63, 3.8) is 0 Å². The number of rotatable bonds is 14. The summed E-state index contributed by atoms with van der Waals surface area (Å²) in [6, 6.07) is 74.2. The zero-order valence-corrected chi connectivity index (χ0v) is 53.4. The number of aromatic nitrogens is 3. The van der Waals surface area contributed by atoms with Crippen molar-refractivity contribution < 1.29 is 21.9 Å². The normalized spacial score (nSPS) is 14.6. The molecule has 19 rings (SSSR count). The average Bonchev–Trinajstić information content (AvgIpc) is 1.37. The number of para-hydroxylation sites is 4. The van der Waals surface area contributed by atoms with Crippen molar-refractivity contribution in [2.45, 2.75) is 12.8 Å². The average molecular weight is 1280 g/mol. The Morgan fingerprint density at radius 1 is 0.293 bits per heavy atom. The number of fused-ring (bicyclic) bond motifs is 10. The number of anilines is 4. The van der Waals surface area contributed by atoms with Gasteiger partial charge in [-0.3, -0.25) is 4.98 Å². The lowest BCUT2D eigenvalue weighted by atomic mass is 9.33. The van der Waals surface area contributed by atoms with Crippen LogP contribution in [0.1, 0.15) is 33.1 Å². The van der Waals surface area contributed by atoms with Crippen LogP contribution in [0, 0.1) is 0 Å². The zero-order valence-electron chi connectivity index (χ0n) is 69.4. The fourth-order valence-electron chi connectivity index (χ4n) is 15.5. The number of hydrogen-bond acceptors (Lipinski definition) is 3. The number of nitrogens with zero attached hydrogens (tertiary/aromatic N) is 5. The van der Waals surface area contributed by atoms with Gasteiger partial charge in [-0.2, -0.15) is 0 Å². The topological polar surface area (TPSA) is 29.2 Å². The minimum absolute atomic E-state index is 0.0365. The van der Waals surface area contributed by atoms with Crippen LogP contribution < -0.4 is 26.2 Å². The molecule has 0 saturated heterocycles. The van der Waals surface area contributed by atoms with Gasteiger partial charge in [-0.25, -0.2) is 0 Å². The van der Waals surface area contributed by atoms with Crippen molar-refractivity contribution >= 4 is 89.5 Å². The maximum Gasteiger partial charge on any atom is 0.252 e. The number of hydrogen-bond donors (Lipinski definition) is 0. The first-order valence-corrected chi connectivity index (χ1v) is 33.3. The molecule has 0 bridgehead atoms. The molecule has 2 aliphatic heterocycles. The van der Waals surface area contributed by atoms with Crippen LogP contribution in [0.4, 0.5) is 22.7 Å². The Kier molecular flexibility index (Phi) is 10.7. The highest BCUT2D eigenvalue weighted by Crippen LogP contribution is 2.46.